The summed E-state index contributed by atoms with van der Waals surface area (Å²) < 4.78 is 4.58. The van der Waals surface area contributed by atoms with Crippen molar-refractivity contribution in [3.63, 3.8) is 0 Å². The molecule has 0 bridgehead atoms. The number of carbonyl (C=O) groups excluding carboxylic acids is 1. The molecule has 0 spiro atoms. The smallest absolute Gasteiger partial charge is 0.126 e. The predicted octanol–water partition coefficient (Wildman–Crippen LogP) is 4.76. The fraction of sp³-hybridized carbons (Fsp3) is 0.217. The van der Waals surface area contributed by atoms with Crippen LogP contribution >= 0.6 is 0 Å². The summed E-state index contributed by atoms with van der Waals surface area (Å²) in [5.41, 5.74) is 3.08. The zero-order valence-corrected chi connectivity index (χ0v) is 14.3. The first-order valence-electron chi connectivity index (χ1n) is 8.87. The summed E-state index contributed by atoms with van der Waals surface area (Å²) in [4.78, 5) is 10.9. The molecule has 130 valence electrons. The summed E-state index contributed by atoms with van der Waals surface area (Å²) >= 11 is 0. The molecule has 1 heterocycles. The van der Waals surface area contributed by atoms with Crippen LogP contribution in [0.2, 0.25) is 0 Å². The summed E-state index contributed by atoms with van der Waals surface area (Å²) in [5, 5.41) is 12.6. The van der Waals surface area contributed by atoms with E-state index in [0.717, 1.165) is 0 Å². The SMILES string of the molecule is O=C=C1CC2C=Cc3c(ccc4ccccc34)C2C[C@H]1O.c1ccoc1. The second-order valence-corrected chi connectivity index (χ2v) is 6.80. The summed E-state index contributed by atoms with van der Waals surface area (Å²) in [6.07, 6.45) is 8.22. The van der Waals surface area contributed by atoms with Crippen LogP contribution in [-0.2, 0) is 4.79 Å². The van der Waals surface area contributed by atoms with Crippen molar-refractivity contribution in [2.45, 2.75) is 24.9 Å². The van der Waals surface area contributed by atoms with Crippen molar-refractivity contribution in [1.82, 2.24) is 0 Å². The minimum Gasteiger partial charge on any atom is -0.473 e. The Morgan fingerprint density at radius 3 is 2.58 bits per heavy atom. The molecule has 0 saturated heterocycles. The Balaban J connectivity index is 0.000000292. The molecule has 3 nitrogen and oxygen atoms in total. The highest BCUT2D eigenvalue weighted by Crippen LogP contribution is 2.46. The zero-order valence-electron chi connectivity index (χ0n) is 14.3. The van der Waals surface area contributed by atoms with E-state index in [1.54, 1.807) is 12.5 Å². The molecule has 1 saturated carbocycles. The van der Waals surface area contributed by atoms with E-state index in [1.807, 2.05) is 18.1 Å². The summed E-state index contributed by atoms with van der Waals surface area (Å²) in [5.74, 6) is 2.52. The molecule has 5 rings (SSSR count). The lowest BCUT2D eigenvalue weighted by atomic mass is 9.68. The van der Waals surface area contributed by atoms with Crippen LogP contribution in [0.3, 0.4) is 0 Å². The second-order valence-electron chi connectivity index (χ2n) is 6.80. The van der Waals surface area contributed by atoms with Gasteiger partial charge in [-0.25, -0.2) is 4.79 Å². The molecule has 0 radical (unpaired) electrons. The highest BCUT2D eigenvalue weighted by Gasteiger charge is 2.35. The minimum atomic E-state index is -0.644. The maximum Gasteiger partial charge on any atom is 0.126 e. The third-order valence-corrected chi connectivity index (χ3v) is 5.32. The van der Waals surface area contributed by atoms with Gasteiger partial charge >= 0.3 is 0 Å². The Bertz CT molecular complexity index is 961. The molecular formula is C23H20O3. The molecule has 26 heavy (non-hydrogen) atoms. The lowest BCUT2D eigenvalue weighted by Crippen LogP contribution is -2.29. The van der Waals surface area contributed by atoms with Crippen LogP contribution in [0.4, 0.5) is 0 Å². The van der Waals surface area contributed by atoms with Gasteiger partial charge in [0.1, 0.15) is 5.94 Å². The lowest BCUT2D eigenvalue weighted by Gasteiger charge is -2.36. The number of rotatable bonds is 0. The van der Waals surface area contributed by atoms with Gasteiger partial charge in [0.05, 0.1) is 18.6 Å². The van der Waals surface area contributed by atoms with Crippen molar-refractivity contribution >= 4 is 22.8 Å². The number of fused-ring (bicyclic) bond motifs is 5. The molecule has 2 aliphatic rings. The van der Waals surface area contributed by atoms with Gasteiger partial charge in [-0.1, -0.05) is 48.6 Å². The normalized spacial score (nSPS) is 23.4. The van der Waals surface area contributed by atoms with Gasteiger partial charge in [-0.05, 0) is 58.7 Å². The fourth-order valence-corrected chi connectivity index (χ4v) is 4.03. The van der Waals surface area contributed by atoms with E-state index in [1.165, 1.54) is 21.9 Å². The third-order valence-electron chi connectivity index (χ3n) is 5.32. The number of aliphatic hydroxyl groups excluding tert-OH is 1. The van der Waals surface area contributed by atoms with E-state index in [2.05, 4.69) is 53.0 Å². The standard InChI is InChI=1S/C19H16O2.C4H4O/c20-11-14-9-13-6-8-16-15-4-2-1-3-12(15)5-7-17(16)18(13)10-19(14)21;1-2-4-5-3-1/h1-8,13,18-19,21H,9-10H2;1-4H/t13?,18?,19-;/m1./s1. The Labute approximate surface area is 152 Å². The van der Waals surface area contributed by atoms with E-state index >= 15 is 0 Å². The van der Waals surface area contributed by atoms with Gasteiger partial charge in [0, 0.05) is 5.57 Å². The van der Waals surface area contributed by atoms with Crippen LogP contribution in [0, 0.1) is 5.92 Å². The average Bonchev–Trinajstić information content (AvgIpc) is 3.27. The lowest BCUT2D eigenvalue weighted by molar-refractivity contribution is 0.155. The molecule has 1 N–H and O–H groups in total. The molecule has 0 aliphatic heterocycles. The van der Waals surface area contributed by atoms with E-state index < -0.39 is 6.10 Å². The van der Waals surface area contributed by atoms with E-state index in [9.17, 15) is 9.90 Å². The quantitative estimate of drug-likeness (QED) is 0.598. The van der Waals surface area contributed by atoms with Gasteiger partial charge in [0.15, 0.2) is 0 Å². The summed E-state index contributed by atoms with van der Waals surface area (Å²) in [6.45, 7) is 0. The van der Waals surface area contributed by atoms with E-state index in [0.29, 0.717) is 30.3 Å². The van der Waals surface area contributed by atoms with Crippen molar-refractivity contribution in [1.29, 1.82) is 0 Å². The Morgan fingerprint density at radius 1 is 1.04 bits per heavy atom. The Morgan fingerprint density at radius 2 is 1.85 bits per heavy atom. The van der Waals surface area contributed by atoms with E-state index in [-0.39, 0.29) is 0 Å². The summed E-state index contributed by atoms with van der Waals surface area (Å²) in [6, 6.07) is 16.4. The fourth-order valence-electron chi connectivity index (χ4n) is 4.03. The minimum absolute atomic E-state index is 0.293. The van der Waals surface area contributed by atoms with Crippen molar-refractivity contribution in [3.8, 4) is 0 Å². The topological polar surface area (TPSA) is 50.4 Å². The number of furan rings is 1. The van der Waals surface area contributed by atoms with Crippen molar-refractivity contribution < 1.29 is 14.3 Å². The average molecular weight is 344 g/mol. The maximum absolute atomic E-state index is 10.9. The van der Waals surface area contributed by atoms with Crippen molar-refractivity contribution in [2.24, 2.45) is 5.92 Å². The first-order valence-corrected chi connectivity index (χ1v) is 8.87. The van der Waals surface area contributed by atoms with Gasteiger partial charge in [-0.2, -0.15) is 0 Å². The molecule has 3 heteroatoms. The van der Waals surface area contributed by atoms with Crippen LogP contribution < -0.4 is 0 Å². The van der Waals surface area contributed by atoms with Crippen LogP contribution in [0.15, 0.2) is 77.1 Å². The molecule has 0 amide bonds. The second kappa shape index (κ2) is 7.17. The first-order chi connectivity index (χ1) is 12.8. The highest BCUT2D eigenvalue weighted by atomic mass is 16.3. The Kier molecular flexibility index (Phi) is 4.57. The predicted molar refractivity (Wildman–Crippen MR) is 102 cm³/mol. The number of benzene rings is 2. The molecule has 2 aliphatic carbocycles. The molecule has 1 fully saturated rings. The number of allylic oxidation sites excluding steroid dienone is 1. The third kappa shape index (κ3) is 3.03. The molecule has 3 atom stereocenters. The molecule has 2 unspecified atom stereocenters. The molecule has 3 aromatic rings. The van der Waals surface area contributed by atoms with Gasteiger partial charge in [0.2, 0.25) is 0 Å². The van der Waals surface area contributed by atoms with Crippen LogP contribution in [0.5, 0.6) is 0 Å². The van der Waals surface area contributed by atoms with Gasteiger partial charge in [-0.3, -0.25) is 0 Å². The summed E-state index contributed by atoms with van der Waals surface area (Å²) in [7, 11) is 0. The number of hydrogen-bond acceptors (Lipinski definition) is 3. The number of aliphatic hydroxyl groups is 1. The van der Waals surface area contributed by atoms with Crippen molar-refractivity contribution in [3.05, 3.63) is 83.8 Å². The van der Waals surface area contributed by atoms with Gasteiger partial charge in [-0.15, -0.1) is 0 Å². The van der Waals surface area contributed by atoms with E-state index in [4.69, 9.17) is 0 Å². The molecule has 2 aromatic carbocycles. The maximum atomic E-state index is 10.9. The number of hydrogen-bond donors (Lipinski definition) is 1. The van der Waals surface area contributed by atoms with Crippen molar-refractivity contribution in [2.75, 3.05) is 0 Å². The Hall–Kier alpha value is -2.87. The van der Waals surface area contributed by atoms with Crippen LogP contribution in [0.1, 0.15) is 29.9 Å². The van der Waals surface area contributed by atoms with Gasteiger partial charge in [0.25, 0.3) is 0 Å². The zero-order chi connectivity index (χ0) is 17.9. The van der Waals surface area contributed by atoms with Gasteiger partial charge < -0.3 is 9.52 Å². The monoisotopic (exact) mass is 344 g/mol. The molecular weight excluding hydrogens is 324 g/mol. The highest BCUT2D eigenvalue weighted by molar-refractivity contribution is 5.92. The van der Waals surface area contributed by atoms with Crippen LogP contribution in [-0.4, -0.2) is 17.2 Å². The van der Waals surface area contributed by atoms with Crippen LogP contribution in [0.25, 0.3) is 16.8 Å². The molecule has 1 aromatic heterocycles. The first kappa shape index (κ1) is 16.6. The largest absolute Gasteiger partial charge is 0.473 e.